The molecule has 0 aliphatic heterocycles. The van der Waals surface area contributed by atoms with Gasteiger partial charge < -0.3 is 15.5 Å². The van der Waals surface area contributed by atoms with Gasteiger partial charge in [0.1, 0.15) is 11.5 Å². The number of aryl methyl sites for hydroxylation is 2. The van der Waals surface area contributed by atoms with Gasteiger partial charge in [0.15, 0.2) is 5.65 Å². The summed E-state index contributed by atoms with van der Waals surface area (Å²) >= 11 is 0. The minimum absolute atomic E-state index is 0. The van der Waals surface area contributed by atoms with E-state index in [-0.39, 0.29) is 42.8 Å². The zero-order chi connectivity index (χ0) is 20.7. The van der Waals surface area contributed by atoms with E-state index in [1.165, 1.54) is 0 Å². The summed E-state index contributed by atoms with van der Waals surface area (Å²) in [5.74, 6) is 1.85. The number of amides is 1. The molecule has 7 nitrogen and oxygen atoms in total. The van der Waals surface area contributed by atoms with Crippen molar-refractivity contribution in [1.82, 2.24) is 20.1 Å². The summed E-state index contributed by atoms with van der Waals surface area (Å²) in [6, 6.07) is 4.07. The molecule has 170 valence electrons. The van der Waals surface area contributed by atoms with E-state index < -0.39 is 0 Å². The molecule has 2 atom stereocenters. The number of fused-ring (bicyclic) bond motifs is 1. The minimum atomic E-state index is -0.0924. The number of furan rings is 1. The van der Waals surface area contributed by atoms with E-state index in [1.807, 2.05) is 30.7 Å². The van der Waals surface area contributed by atoms with Crippen LogP contribution < -0.4 is 11.1 Å². The van der Waals surface area contributed by atoms with Crippen molar-refractivity contribution < 1.29 is 9.21 Å². The van der Waals surface area contributed by atoms with Crippen LogP contribution in [0, 0.1) is 19.8 Å². The molecule has 0 aromatic carbocycles. The average molecular weight is 468 g/mol. The Balaban J connectivity index is 0.00000171. The van der Waals surface area contributed by atoms with Crippen LogP contribution in [0.5, 0.6) is 0 Å². The van der Waals surface area contributed by atoms with Crippen molar-refractivity contribution in [3.63, 3.8) is 0 Å². The Morgan fingerprint density at radius 3 is 2.65 bits per heavy atom. The van der Waals surface area contributed by atoms with Gasteiger partial charge in [-0.25, -0.2) is 9.67 Å². The molecule has 2 unspecified atom stereocenters. The number of carbonyl (C=O) groups is 1. The van der Waals surface area contributed by atoms with Crippen LogP contribution in [-0.2, 0) is 0 Å². The van der Waals surface area contributed by atoms with E-state index in [1.54, 1.807) is 6.20 Å². The van der Waals surface area contributed by atoms with Gasteiger partial charge >= 0.3 is 0 Å². The van der Waals surface area contributed by atoms with E-state index in [4.69, 9.17) is 15.1 Å². The van der Waals surface area contributed by atoms with Crippen molar-refractivity contribution in [2.45, 2.75) is 59.0 Å². The minimum Gasteiger partial charge on any atom is -0.466 e. The number of rotatable bonds is 5. The lowest BCUT2D eigenvalue weighted by Crippen LogP contribution is -2.40. The smallest absolute Gasteiger partial charge is 0.252 e. The van der Waals surface area contributed by atoms with Crippen molar-refractivity contribution in [2.24, 2.45) is 11.7 Å². The number of hydrogen-bond donors (Lipinski definition) is 2. The number of nitrogens with one attached hydrogen (secondary N) is 1. The van der Waals surface area contributed by atoms with Crippen molar-refractivity contribution in [3.8, 4) is 11.3 Å². The number of nitrogens with zero attached hydrogens (tertiary/aromatic N) is 3. The molecule has 3 heterocycles. The predicted molar refractivity (Wildman–Crippen MR) is 127 cm³/mol. The lowest BCUT2D eigenvalue weighted by atomic mass is 10.0. The molecule has 1 fully saturated rings. The molecule has 3 N–H and O–H groups in total. The molecule has 3 aromatic heterocycles. The number of halogens is 2. The Kier molecular flexibility index (Phi) is 8.14. The Labute approximate surface area is 195 Å². The summed E-state index contributed by atoms with van der Waals surface area (Å²) in [6.07, 6.45) is 4.88. The van der Waals surface area contributed by atoms with E-state index in [0.717, 1.165) is 47.4 Å². The van der Waals surface area contributed by atoms with Gasteiger partial charge in [-0.15, -0.1) is 24.8 Å². The van der Waals surface area contributed by atoms with Crippen LogP contribution in [0.2, 0.25) is 0 Å². The highest BCUT2D eigenvalue weighted by atomic mass is 35.5. The zero-order valence-corrected chi connectivity index (χ0v) is 20.0. The fourth-order valence-corrected chi connectivity index (χ4v) is 4.36. The van der Waals surface area contributed by atoms with Crippen LogP contribution in [-0.4, -0.2) is 33.3 Å². The Morgan fingerprint density at radius 1 is 1.29 bits per heavy atom. The number of carbonyl (C=O) groups excluding carboxylic acids is 1. The van der Waals surface area contributed by atoms with Crippen LogP contribution >= 0.6 is 24.8 Å². The highest BCUT2D eigenvalue weighted by Crippen LogP contribution is 2.31. The molecular formula is C22H31Cl2N5O2. The molecule has 0 spiro atoms. The molecule has 0 radical (unpaired) electrons. The first kappa shape index (κ1) is 25.2. The largest absolute Gasteiger partial charge is 0.466 e. The average Bonchev–Trinajstić information content (AvgIpc) is 3.38. The van der Waals surface area contributed by atoms with Gasteiger partial charge in [0.05, 0.1) is 22.8 Å². The molecule has 3 aromatic rings. The van der Waals surface area contributed by atoms with E-state index >= 15 is 0 Å². The molecule has 1 saturated carbocycles. The predicted octanol–water partition coefficient (Wildman–Crippen LogP) is 4.59. The number of nitrogens with two attached hydrogens (primary N) is 1. The molecule has 4 rings (SSSR count). The van der Waals surface area contributed by atoms with Gasteiger partial charge in [-0.2, -0.15) is 5.10 Å². The van der Waals surface area contributed by atoms with Crippen LogP contribution in [0.1, 0.15) is 61.0 Å². The third-order valence-electron chi connectivity index (χ3n) is 5.90. The molecule has 1 amide bonds. The van der Waals surface area contributed by atoms with Crippen LogP contribution in [0.4, 0.5) is 0 Å². The fraction of sp³-hybridized carbons (Fsp3) is 0.500. The molecule has 31 heavy (non-hydrogen) atoms. The van der Waals surface area contributed by atoms with E-state index in [0.29, 0.717) is 23.7 Å². The van der Waals surface area contributed by atoms with Gasteiger partial charge in [0.25, 0.3) is 5.91 Å². The Morgan fingerprint density at radius 2 is 2.03 bits per heavy atom. The Hall–Kier alpha value is -2.09. The van der Waals surface area contributed by atoms with Gasteiger partial charge in [-0.05, 0) is 65.1 Å². The first-order valence-electron chi connectivity index (χ1n) is 10.4. The Bertz CT molecular complexity index is 1060. The summed E-state index contributed by atoms with van der Waals surface area (Å²) in [6.45, 7) is 8.53. The summed E-state index contributed by atoms with van der Waals surface area (Å²) in [5, 5.41) is 8.48. The normalized spacial score (nSPS) is 18.1. The number of pyridine rings is 1. The van der Waals surface area contributed by atoms with Crippen LogP contribution in [0.3, 0.4) is 0 Å². The summed E-state index contributed by atoms with van der Waals surface area (Å²) < 4.78 is 7.56. The van der Waals surface area contributed by atoms with Crippen molar-refractivity contribution in [1.29, 1.82) is 0 Å². The highest BCUT2D eigenvalue weighted by Gasteiger charge is 2.29. The first-order chi connectivity index (χ1) is 13.9. The summed E-state index contributed by atoms with van der Waals surface area (Å²) in [5.41, 5.74) is 8.83. The second-order valence-corrected chi connectivity index (χ2v) is 8.31. The lowest BCUT2D eigenvalue weighted by Gasteiger charge is -2.20. The van der Waals surface area contributed by atoms with Gasteiger partial charge in [0.2, 0.25) is 0 Å². The molecule has 1 aliphatic carbocycles. The van der Waals surface area contributed by atoms with Gasteiger partial charge in [-0.3, -0.25) is 4.79 Å². The summed E-state index contributed by atoms with van der Waals surface area (Å²) in [4.78, 5) is 18.1. The maximum atomic E-state index is 13.3. The zero-order valence-electron chi connectivity index (χ0n) is 18.3. The molecule has 0 saturated heterocycles. The maximum absolute atomic E-state index is 13.3. The molecule has 0 bridgehead atoms. The summed E-state index contributed by atoms with van der Waals surface area (Å²) in [7, 11) is 0. The molecular weight excluding hydrogens is 437 g/mol. The van der Waals surface area contributed by atoms with E-state index in [2.05, 4.69) is 24.3 Å². The van der Waals surface area contributed by atoms with Gasteiger partial charge in [-0.1, -0.05) is 6.42 Å². The van der Waals surface area contributed by atoms with Crippen molar-refractivity contribution >= 4 is 41.8 Å². The third-order valence-corrected chi connectivity index (χ3v) is 5.90. The first-order valence-corrected chi connectivity index (χ1v) is 10.4. The number of hydrogen-bond acceptors (Lipinski definition) is 5. The highest BCUT2D eigenvalue weighted by molar-refractivity contribution is 6.06. The maximum Gasteiger partial charge on any atom is 0.252 e. The monoisotopic (exact) mass is 467 g/mol. The fourth-order valence-electron chi connectivity index (χ4n) is 4.36. The third kappa shape index (κ3) is 4.73. The lowest BCUT2D eigenvalue weighted by molar-refractivity contribution is 0.0930. The SMILES string of the molecule is Cc1cc(-c2cc(C(=O)NC3CCCC3CN)c3cnn(C(C)C)c3n2)c(C)o1.Cl.Cl. The van der Waals surface area contributed by atoms with E-state index in [9.17, 15) is 4.79 Å². The molecule has 9 heteroatoms. The van der Waals surface area contributed by atoms with Crippen LogP contribution in [0.15, 0.2) is 22.7 Å². The van der Waals surface area contributed by atoms with Crippen LogP contribution in [0.25, 0.3) is 22.3 Å². The topological polar surface area (TPSA) is 99.0 Å². The number of aromatic nitrogens is 3. The van der Waals surface area contributed by atoms with Crippen molar-refractivity contribution in [3.05, 3.63) is 35.4 Å². The molecule has 1 aliphatic rings. The van der Waals surface area contributed by atoms with Gasteiger partial charge in [0, 0.05) is 17.6 Å². The quantitative estimate of drug-likeness (QED) is 0.571. The van der Waals surface area contributed by atoms with Crippen molar-refractivity contribution in [2.75, 3.05) is 6.54 Å². The standard InChI is InChI=1S/C22H29N5O2.2ClH/c1-12(2)27-21-18(11-24-27)17(22(28)26-19-7-5-6-15(19)10-23)9-20(25-21)16-8-13(3)29-14(16)4;;/h8-9,11-12,15,19H,5-7,10,23H2,1-4H3,(H,26,28);2*1H. The second-order valence-electron chi connectivity index (χ2n) is 8.31. The second kappa shape index (κ2) is 10.0.